The third kappa shape index (κ3) is 12.8. The van der Waals surface area contributed by atoms with Gasteiger partial charge in [-0.15, -0.1) is 21.3 Å². The number of aromatic nitrogens is 6. The first-order valence-corrected chi connectivity index (χ1v) is 22.6. The molecule has 0 amide bonds. The van der Waals surface area contributed by atoms with Crippen LogP contribution in [0.25, 0.3) is 20.2 Å². The number of alkyl halides is 36. The minimum absolute atomic E-state index is 0.0486. The van der Waals surface area contributed by atoms with Gasteiger partial charge in [-0.3, -0.25) is 0 Å². The normalized spacial score (nSPS) is 14.8. The van der Waals surface area contributed by atoms with E-state index in [2.05, 4.69) is 48.9 Å². The molecule has 502 valence electrons. The van der Waals surface area contributed by atoms with Crippen molar-refractivity contribution in [3.05, 3.63) is 36.4 Å². The van der Waals surface area contributed by atoms with E-state index in [1.807, 2.05) is 0 Å². The molecule has 0 unspecified atom stereocenters. The smallest absolute Gasteiger partial charge is 0.457 e. The summed E-state index contributed by atoms with van der Waals surface area (Å²) in [5, 5.41) is -0.374. The molecule has 12 nitrogen and oxygen atoms in total. The van der Waals surface area contributed by atoms with Crippen LogP contribution in [0, 0.1) is 0 Å². The number of nitrogens with zero attached hydrogens (tertiary/aromatic N) is 8. The summed E-state index contributed by atoms with van der Waals surface area (Å²) in [6.45, 7) is -13.6. The van der Waals surface area contributed by atoms with Crippen molar-refractivity contribution >= 4 is 54.8 Å². The maximum absolute atomic E-state index is 14.4. The van der Waals surface area contributed by atoms with E-state index in [1.54, 1.807) is 0 Å². The van der Waals surface area contributed by atoms with Gasteiger partial charge in [-0.05, 0) is 36.4 Å². The zero-order chi connectivity index (χ0) is 68.9. The summed E-state index contributed by atoms with van der Waals surface area (Å²) in [4.78, 5) is 18.8. The predicted octanol–water partition coefficient (Wildman–Crippen LogP) is 15.3. The van der Waals surface area contributed by atoms with Crippen LogP contribution in [0.4, 0.5) is 181 Å². The highest BCUT2D eigenvalue weighted by Crippen LogP contribution is 2.57. The van der Waals surface area contributed by atoms with Gasteiger partial charge in [0.1, 0.15) is 0 Å². The summed E-state index contributed by atoms with van der Waals surface area (Å²) in [6, 6.07) is -2.91. The molecule has 0 radical (unpaired) electrons. The van der Waals surface area contributed by atoms with Gasteiger partial charge in [-0.1, -0.05) is 0 Å². The molecule has 89 heavy (non-hydrogen) atoms. The zero-order valence-corrected chi connectivity index (χ0v) is 42.3. The maximum Gasteiger partial charge on any atom is 0.460 e. The van der Waals surface area contributed by atoms with Crippen LogP contribution in [0.5, 0.6) is 24.0 Å². The number of benzene rings is 2. The van der Waals surface area contributed by atoms with Gasteiger partial charge in [0, 0.05) is 45.6 Å². The van der Waals surface area contributed by atoms with Crippen LogP contribution in [0.1, 0.15) is 0 Å². The van der Waals surface area contributed by atoms with Crippen LogP contribution in [0.15, 0.2) is 36.4 Å². The lowest BCUT2D eigenvalue weighted by molar-refractivity contribution is -0.398. The molecule has 49 heteroatoms. The van der Waals surface area contributed by atoms with Crippen molar-refractivity contribution in [2.24, 2.45) is 0 Å². The van der Waals surface area contributed by atoms with Crippen molar-refractivity contribution in [3.8, 4) is 24.0 Å². The van der Waals surface area contributed by atoms with Crippen LogP contribution in [0.2, 0.25) is 0 Å². The molecule has 0 atom stereocenters. The van der Waals surface area contributed by atoms with Crippen molar-refractivity contribution in [3.63, 3.8) is 0 Å². The number of thiophene rings is 1. The Morgan fingerprint density at radius 2 is 0.506 bits per heavy atom. The van der Waals surface area contributed by atoms with Gasteiger partial charge in [0.15, 0.2) is 26.4 Å². The number of hydrogen-bond donors (Lipinski definition) is 0. The Labute approximate surface area is 468 Å². The summed E-state index contributed by atoms with van der Waals surface area (Å²) in [5.74, 6) is -90.1. The lowest BCUT2D eigenvalue weighted by Crippen LogP contribution is -2.62. The van der Waals surface area contributed by atoms with Crippen LogP contribution in [0.3, 0.4) is 0 Å². The standard InChI is InChI=1S/C40H20F36N8O4S/c1-83(19-77-21(85-9-25(41,42)29(49,50)33(57,58)37(65,66)67)81-22(78-19)86-10-26(43,44)30(51,52)34(59,60)38(68,69)70)13-3-5-17-15(7-13)16-8-14(4-6-18(16)89-17)84(2)20-79-23(87-11-27(45,46)31(53,54)35(61,62)39(71,72)73)82-24(80-20)88-12-28(47,48)32(55,56)36(63,64)40(74,75)76/h3-8H,9-12H2,1-2H3. The molecule has 5 rings (SSSR count). The molecule has 0 aliphatic carbocycles. The highest BCUT2D eigenvalue weighted by Gasteiger charge is 2.85. The Kier molecular flexibility index (Phi) is 18.3. The Morgan fingerprint density at radius 1 is 0.303 bits per heavy atom. The molecule has 3 heterocycles. The van der Waals surface area contributed by atoms with Crippen LogP contribution >= 0.6 is 11.3 Å². The lowest BCUT2D eigenvalue weighted by Gasteiger charge is -2.33. The number of fused-ring (bicyclic) bond motifs is 3. The van der Waals surface area contributed by atoms with Gasteiger partial charge in [-0.25, -0.2) is 0 Å². The van der Waals surface area contributed by atoms with E-state index in [4.69, 9.17) is 0 Å². The number of halogens is 36. The van der Waals surface area contributed by atoms with Gasteiger partial charge < -0.3 is 28.7 Å². The second-order valence-electron chi connectivity index (χ2n) is 17.5. The average molecular weight is 1390 g/mol. The van der Waals surface area contributed by atoms with Crippen molar-refractivity contribution in [1.82, 2.24) is 29.9 Å². The zero-order valence-electron chi connectivity index (χ0n) is 41.5. The number of hydrogen-bond acceptors (Lipinski definition) is 13. The average Bonchev–Trinajstić information content (AvgIpc) is 1.51. The van der Waals surface area contributed by atoms with Crippen LogP contribution in [-0.2, 0) is 0 Å². The Hall–Kier alpha value is -7.04. The SMILES string of the molecule is CN(c1ccc2sc3ccc(N(C)c4nc(OCC(F)(F)C(F)(F)C(F)(F)C(F)(F)F)nc(OCC(F)(F)C(F)(F)C(F)(F)C(F)(F)F)n4)cc3c2c1)c1nc(OCC(F)(F)C(F)(F)C(F)(F)C(F)(F)F)nc(OCC(F)(F)C(F)(F)C(F)(F)C(F)(F)F)n1. The Balaban J connectivity index is 1.61. The summed E-state index contributed by atoms with van der Waals surface area (Å²) in [5.41, 5.74) is -1.07. The molecule has 0 bridgehead atoms. The van der Waals surface area contributed by atoms with Crippen molar-refractivity contribution < 1.29 is 177 Å². The van der Waals surface area contributed by atoms with E-state index >= 15 is 0 Å². The van der Waals surface area contributed by atoms with Gasteiger partial charge in [0.25, 0.3) is 0 Å². The highest BCUT2D eigenvalue weighted by atomic mass is 32.1. The molecule has 0 aliphatic rings. The quantitative estimate of drug-likeness (QED) is 0.0547. The molecule has 0 saturated carbocycles. The van der Waals surface area contributed by atoms with E-state index in [1.165, 1.54) is 0 Å². The molecule has 5 aromatic rings. The topological polar surface area (TPSA) is 121 Å². The predicted molar refractivity (Wildman–Crippen MR) is 221 cm³/mol. The molecular weight excluding hydrogens is 1370 g/mol. The van der Waals surface area contributed by atoms with E-state index < -0.39 is 170 Å². The minimum Gasteiger partial charge on any atom is -0.457 e. The first-order valence-electron chi connectivity index (χ1n) is 21.8. The van der Waals surface area contributed by atoms with Gasteiger partial charge in [0.05, 0.1) is 0 Å². The van der Waals surface area contributed by atoms with Crippen molar-refractivity contribution in [2.45, 2.75) is 95.8 Å². The van der Waals surface area contributed by atoms with E-state index in [0.717, 1.165) is 47.7 Å². The third-order valence-corrected chi connectivity index (χ3v) is 12.5. The van der Waals surface area contributed by atoms with Crippen molar-refractivity contribution in [2.75, 3.05) is 50.3 Å². The van der Waals surface area contributed by atoms with Crippen LogP contribution < -0.4 is 28.7 Å². The van der Waals surface area contributed by atoms with Crippen LogP contribution in [-0.4, -0.2) is 166 Å². The van der Waals surface area contributed by atoms with E-state index in [-0.39, 0.29) is 20.2 Å². The summed E-state index contributed by atoms with van der Waals surface area (Å²) in [6.07, 6.45) is -29.8. The molecule has 2 aromatic carbocycles. The molecule has 0 spiro atoms. The summed E-state index contributed by atoms with van der Waals surface area (Å²) < 4.78 is 505. The number of rotatable bonds is 24. The lowest BCUT2D eigenvalue weighted by atomic mass is 10.0. The first kappa shape index (κ1) is 72.7. The molecule has 0 saturated heterocycles. The third-order valence-electron chi connectivity index (χ3n) is 11.3. The fraction of sp³-hybridized carbons (Fsp3) is 0.550. The molecular formula is C40H20F36N8O4S. The minimum atomic E-state index is -7.61. The largest absolute Gasteiger partial charge is 0.460 e. The van der Waals surface area contributed by atoms with E-state index in [0.29, 0.717) is 23.9 Å². The monoisotopic (exact) mass is 1390 g/mol. The summed E-state index contributed by atoms with van der Waals surface area (Å²) in [7, 11) is 1.32. The summed E-state index contributed by atoms with van der Waals surface area (Å²) >= 11 is 0.736. The second kappa shape index (κ2) is 22.4. The molecule has 0 fully saturated rings. The molecule has 3 aromatic heterocycles. The van der Waals surface area contributed by atoms with E-state index in [9.17, 15) is 158 Å². The van der Waals surface area contributed by atoms with Crippen molar-refractivity contribution in [1.29, 1.82) is 0 Å². The first-order chi connectivity index (χ1) is 39.5. The fourth-order valence-electron chi connectivity index (χ4n) is 6.23. The second-order valence-corrected chi connectivity index (χ2v) is 18.6. The fourth-order valence-corrected chi connectivity index (χ4v) is 7.30. The number of ether oxygens (including phenoxy) is 4. The highest BCUT2D eigenvalue weighted by molar-refractivity contribution is 7.25. The van der Waals surface area contributed by atoms with Gasteiger partial charge in [-0.2, -0.15) is 178 Å². The maximum atomic E-state index is 14.4. The molecule has 0 N–H and O–H groups in total. The Morgan fingerprint density at radius 3 is 0.697 bits per heavy atom. The number of anilines is 4. The Bertz CT molecular complexity index is 3010. The molecule has 0 aliphatic heterocycles. The van der Waals surface area contributed by atoms with Gasteiger partial charge >= 0.3 is 120 Å². The van der Waals surface area contributed by atoms with Gasteiger partial charge in [0.2, 0.25) is 11.9 Å².